The zero-order chi connectivity index (χ0) is 22.2. The summed E-state index contributed by atoms with van der Waals surface area (Å²) in [6, 6.07) is 23.8. The Morgan fingerprint density at radius 1 is 0.806 bits per heavy atom. The molecule has 3 unspecified atom stereocenters. The summed E-state index contributed by atoms with van der Waals surface area (Å²) in [6.45, 7) is 8.30. The number of ether oxygens (including phenoxy) is 2. The second-order valence-corrected chi connectivity index (χ2v) is 7.80. The van der Waals surface area contributed by atoms with Gasteiger partial charge in [-0.2, -0.15) is 0 Å². The molecule has 164 valence electrons. The van der Waals surface area contributed by atoms with Crippen molar-refractivity contribution in [3.05, 3.63) is 89.5 Å². The number of benzene rings is 3. The van der Waals surface area contributed by atoms with Gasteiger partial charge in [-0.1, -0.05) is 48.5 Å². The molecule has 0 aliphatic heterocycles. The van der Waals surface area contributed by atoms with Crippen molar-refractivity contribution in [3.8, 4) is 11.5 Å². The molecule has 0 saturated carbocycles. The minimum atomic E-state index is -0.612. The molecule has 0 aliphatic carbocycles. The third-order valence-electron chi connectivity index (χ3n) is 5.06. The van der Waals surface area contributed by atoms with Crippen LogP contribution in [-0.4, -0.2) is 23.6 Å². The SMILES string of the molecule is Cc1cccc(C)c1NC(NC(C)Oc1ccc(OCc2ccccc2)cc1)C(C)O. The Balaban J connectivity index is 1.55. The van der Waals surface area contributed by atoms with Gasteiger partial charge in [-0.05, 0) is 68.7 Å². The fourth-order valence-electron chi connectivity index (χ4n) is 3.35. The van der Waals surface area contributed by atoms with Gasteiger partial charge in [-0.15, -0.1) is 0 Å². The van der Waals surface area contributed by atoms with E-state index in [0.29, 0.717) is 6.61 Å². The molecule has 5 heteroatoms. The Hall–Kier alpha value is -3.02. The summed E-state index contributed by atoms with van der Waals surface area (Å²) >= 11 is 0. The molecule has 3 aromatic rings. The zero-order valence-corrected chi connectivity index (χ0v) is 18.6. The number of aliphatic hydroxyl groups excluding tert-OH is 1. The third kappa shape index (κ3) is 6.74. The summed E-state index contributed by atoms with van der Waals surface area (Å²) in [5, 5.41) is 17.0. The molecule has 0 heterocycles. The molecule has 3 aromatic carbocycles. The zero-order valence-electron chi connectivity index (χ0n) is 18.6. The lowest BCUT2D eigenvalue weighted by Gasteiger charge is -2.29. The van der Waals surface area contributed by atoms with Crippen LogP contribution < -0.4 is 20.1 Å². The van der Waals surface area contributed by atoms with E-state index in [2.05, 4.69) is 36.6 Å². The molecular weight excluding hydrogens is 388 g/mol. The van der Waals surface area contributed by atoms with Crippen LogP contribution in [0.5, 0.6) is 11.5 Å². The van der Waals surface area contributed by atoms with E-state index in [9.17, 15) is 5.11 Å². The number of aryl methyl sites for hydroxylation is 2. The predicted molar refractivity (Wildman–Crippen MR) is 125 cm³/mol. The number of nitrogens with one attached hydrogen (secondary N) is 2. The fraction of sp³-hybridized carbons (Fsp3) is 0.308. The molecule has 0 bridgehead atoms. The summed E-state index contributed by atoms with van der Waals surface area (Å²) < 4.78 is 11.8. The van der Waals surface area contributed by atoms with E-state index in [1.54, 1.807) is 6.92 Å². The summed E-state index contributed by atoms with van der Waals surface area (Å²) in [7, 11) is 0. The Bertz CT molecular complexity index is 922. The largest absolute Gasteiger partial charge is 0.489 e. The number of hydrogen-bond acceptors (Lipinski definition) is 5. The van der Waals surface area contributed by atoms with Gasteiger partial charge in [-0.25, -0.2) is 0 Å². The summed E-state index contributed by atoms with van der Waals surface area (Å²) in [4.78, 5) is 0. The van der Waals surface area contributed by atoms with Crippen molar-refractivity contribution in [2.24, 2.45) is 0 Å². The van der Waals surface area contributed by atoms with Gasteiger partial charge in [0.25, 0.3) is 0 Å². The smallest absolute Gasteiger partial charge is 0.148 e. The van der Waals surface area contributed by atoms with Crippen LogP contribution in [0.25, 0.3) is 0 Å². The molecule has 3 rings (SSSR count). The molecule has 5 nitrogen and oxygen atoms in total. The van der Waals surface area contributed by atoms with Crippen molar-refractivity contribution in [2.75, 3.05) is 5.32 Å². The van der Waals surface area contributed by atoms with Crippen molar-refractivity contribution in [1.29, 1.82) is 0 Å². The van der Waals surface area contributed by atoms with Crippen LogP contribution in [0.3, 0.4) is 0 Å². The van der Waals surface area contributed by atoms with Gasteiger partial charge < -0.3 is 19.9 Å². The van der Waals surface area contributed by atoms with E-state index in [4.69, 9.17) is 9.47 Å². The molecule has 3 N–H and O–H groups in total. The minimum absolute atomic E-state index is 0.312. The number of hydrogen-bond donors (Lipinski definition) is 3. The number of rotatable bonds is 10. The second kappa shape index (κ2) is 10.8. The van der Waals surface area contributed by atoms with E-state index < -0.39 is 6.10 Å². The van der Waals surface area contributed by atoms with Gasteiger partial charge in [-0.3, -0.25) is 5.32 Å². The molecule has 0 amide bonds. The van der Waals surface area contributed by atoms with E-state index >= 15 is 0 Å². The van der Waals surface area contributed by atoms with Crippen molar-refractivity contribution >= 4 is 5.69 Å². The highest BCUT2D eigenvalue weighted by Gasteiger charge is 2.19. The first-order valence-electron chi connectivity index (χ1n) is 10.6. The number of para-hydroxylation sites is 1. The fourth-order valence-corrected chi connectivity index (χ4v) is 3.35. The maximum atomic E-state index is 10.3. The van der Waals surface area contributed by atoms with Crippen molar-refractivity contribution in [1.82, 2.24) is 5.32 Å². The van der Waals surface area contributed by atoms with Gasteiger partial charge in [0.2, 0.25) is 0 Å². The summed E-state index contributed by atoms with van der Waals surface area (Å²) in [5.74, 6) is 1.51. The quantitative estimate of drug-likeness (QED) is 0.402. The van der Waals surface area contributed by atoms with Crippen LogP contribution in [0, 0.1) is 13.8 Å². The standard InChI is InChI=1S/C26H32N2O3/c1-18-9-8-10-19(2)25(18)28-26(20(3)29)27-21(4)31-24-15-13-23(14-16-24)30-17-22-11-6-5-7-12-22/h5-16,20-21,26-29H,17H2,1-4H3. The number of aliphatic hydroxyl groups is 1. The van der Waals surface area contributed by atoms with Gasteiger partial charge in [0, 0.05) is 5.69 Å². The minimum Gasteiger partial charge on any atom is -0.489 e. The first-order chi connectivity index (χ1) is 14.9. The van der Waals surface area contributed by atoms with Crippen LogP contribution in [0.2, 0.25) is 0 Å². The highest BCUT2D eigenvalue weighted by molar-refractivity contribution is 5.57. The lowest BCUT2D eigenvalue weighted by molar-refractivity contribution is 0.105. The first kappa shape index (κ1) is 22.7. The van der Waals surface area contributed by atoms with Crippen LogP contribution in [0.15, 0.2) is 72.8 Å². The molecule has 3 atom stereocenters. The summed E-state index contributed by atoms with van der Waals surface area (Å²) in [5.41, 5.74) is 4.41. The van der Waals surface area contributed by atoms with E-state index in [1.807, 2.05) is 67.6 Å². The van der Waals surface area contributed by atoms with Gasteiger partial charge in [0.15, 0.2) is 0 Å². The Morgan fingerprint density at radius 3 is 2.03 bits per heavy atom. The molecule has 0 spiro atoms. The molecule has 31 heavy (non-hydrogen) atoms. The van der Waals surface area contributed by atoms with Gasteiger partial charge >= 0.3 is 0 Å². The Labute approximate surface area is 185 Å². The highest BCUT2D eigenvalue weighted by atomic mass is 16.5. The van der Waals surface area contributed by atoms with Gasteiger partial charge in [0.1, 0.15) is 30.5 Å². The maximum Gasteiger partial charge on any atom is 0.148 e. The lowest BCUT2D eigenvalue weighted by atomic mass is 10.1. The van der Waals surface area contributed by atoms with Crippen molar-refractivity contribution in [3.63, 3.8) is 0 Å². The predicted octanol–water partition coefficient (Wildman–Crippen LogP) is 5.02. The monoisotopic (exact) mass is 420 g/mol. The average molecular weight is 421 g/mol. The van der Waals surface area contributed by atoms with Crippen molar-refractivity contribution in [2.45, 2.75) is 52.8 Å². The van der Waals surface area contributed by atoms with Crippen LogP contribution >= 0.6 is 0 Å². The molecular formula is C26H32N2O3. The molecule has 0 aliphatic rings. The van der Waals surface area contributed by atoms with E-state index in [-0.39, 0.29) is 12.4 Å². The van der Waals surface area contributed by atoms with E-state index in [0.717, 1.165) is 33.9 Å². The molecule has 0 radical (unpaired) electrons. The van der Waals surface area contributed by atoms with Gasteiger partial charge in [0.05, 0.1) is 6.10 Å². The number of anilines is 1. The maximum absolute atomic E-state index is 10.3. The normalized spacial score (nSPS) is 13.8. The third-order valence-corrected chi connectivity index (χ3v) is 5.06. The lowest BCUT2D eigenvalue weighted by Crippen LogP contribution is -2.50. The molecule has 0 fully saturated rings. The Morgan fingerprint density at radius 2 is 1.42 bits per heavy atom. The second-order valence-electron chi connectivity index (χ2n) is 7.80. The molecule has 0 saturated heterocycles. The van der Waals surface area contributed by atoms with Crippen LogP contribution in [0.1, 0.15) is 30.5 Å². The average Bonchev–Trinajstić information content (AvgIpc) is 2.75. The highest BCUT2D eigenvalue weighted by Crippen LogP contribution is 2.22. The Kier molecular flexibility index (Phi) is 7.93. The summed E-state index contributed by atoms with van der Waals surface area (Å²) in [6.07, 6.45) is -1.28. The van der Waals surface area contributed by atoms with Crippen LogP contribution in [0.4, 0.5) is 5.69 Å². The van der Waals surface area contributed by atoms with E-state index in [1.165, 1.54) is 0 Å². The first-order valence-corrected chi connectivity index (χ1v) is 10.6. The topological polar surface area (TPSA) is 62.8 Å². The molecule has 0 aromatic heterocycles. The van der Waals surface area contributed by atoms with Crippen LogP contribution in [-0.2, 0) is 6.61 Å². The van der Waals surface area contributed by atoms with Crippen molar-refractivity contribution < 1.29 is 14.6 Å².